The molecule has 0 bridgehead atoms. The molecule has 0 aromatic carbocycles. The van der Waals surface area contributed by atoms with Crippen molar-refractivity contribution in [1.82, 2.24) is 4.90 Å². The van der Waals surface area contributed by atoms with E-state index in [1.54, 1.807) is 11.3 Å². The van der Waals surface area contributed by atoms with Crippen LogP contribution in [0.15, 0.2) is 16.8 Å². The van der Waals surface area contributed by atoms with Gasteiger partial charge in [0.1, 0.15) is 0 Å². The predicted molar refractivity (Wildman–Crippen MR) is 65.2 cm³/mol. The third-order valence-electron chi connectivity index (χ3n) is 2.48. The Morgan fingerprint density at radius 3 is 2.93 bits per heavy atom. The Morgan fingerprint density at radius 1 is 1.60 bits per heavy atom. The number of rotatable bonds is 7. The van der Waals surface area contributed by atoms with Crippen molar-refractivity contribution in [2.75, 3.05) is 33.4 Å². The lowest BCUT2D eigenvalue weighted by molar-refractivity contribution is 0.108. The Kier molecular flexibility index (Phi) is 5.86. The first-order chi connectivity index (χ1) is 7.29. The molecule has 1 heterocycles. The molecule has 1 aromatic rings. The van der Waals surface area contributed by atoms with E-state index < -0.39 is 0 Å². The van der Waals surface area contributed by atoms with Gasteiger partial charge in [-0.2, -0.15) is 11.3 Å². The van der Waals surface area contributed by atoms with Gasteiger partial charge in [0, 0.05) is 25.7 Å². The van der Waals surface area contributed by atoms with E-state index in [-0.39, 0.29) is 0 Å². The van der Waals surface area contributed by atoms with E-state index in [0.717, 1.165) is 19.8 Å². The van der Waals surface area contributed by atoms with Crippen LogP contribution in [-0.4, -0.2) is 38.3 Å². The van der Waals surface area contributed by atoms with Crippen molar-refractivity contribution in [3.8, 4) is 0 Å². The second kappa shape index (κ2) is 6.95. The fraction of sp³-hybridized carbons (Fsp3) is 0.636. The van der Waals surface area contributed by atoms with Crippen molar-refractivity contribution in [3.63, 3.8) is 0 Å². The zero-order valence-electron chi connectivity index (χ0n) is 9.48. The normalized spacial score (nSPS) is 13.3. The van der Waals surface area contributed by atoms with Crippen LogP contribution in [0.2, 0.25) is 0 Å². The molecule has 4 heteroatoms. The van der Waals surface area contributed by atoms with Gasteiger partial charge in [-0.3, -0.25) is 4.90 Å². The first kappa shape index (κ1) is 12.6. The minimum atomic E-state index is 0.316. The highest BCUT2D eigenvalue weighted by atomic mass is 32.1. The lowest BCUT2D eigenvalue weighted by atomic mass is 10.1. The summed E-state index contributed by atoms with van der Waals surface area (Å²) in [4.78, 5) is 2.25. The van der Waals surface area contributed by atoms with E-state index >= 15 is 0 Å². The van der Waals surface area contributed by atoms with Gasteiger partial charge in [0.25, 0.3) is 0 Å². The van der Waals surface area contributed by atoms with E-state index in [1.165, 1.54) is 5.56 Å². The van der Waals surface area contributed by atoms with Crippen LogP contribution in [0, 0.1) is 0 Å². The SMILES string of the molecule is CCOCCN(C)C(CN)c1ccsc1. The first-order valence-electron chi connectivity index (χ1n) is 5.29. The number of likely N-dealkylation sites (N-methyl/N-ethyl adjacent to an activating group) is 1. The van der Waals surface area contributed by atoms with Crippen LogP contribution in [0.3, 0.4) is 0 Å². The zero-order valence-corrected chi connectivity index (χ0v) is 10.3. The highest BCUT2D eigenvalue weighted by Gasteiger charge is 2.14. The zero-order chi connectivity index (χ0) is 11.1. The molecule has 0 aliphatic rings. The summed E-state index contributed by atoms with van der Waals surface area (Å²) in [5, 5.41) is 4.25. The first-order valence-corrected chi connectivity index (χ1v) is 6.24. The minimum absolute atomic E-state index is 0.316. The number of nitrogens with two attached hydrogens (primary N) is 1. The summed E-state index contributed by atoms with van der Waals surface area (Å²) >= 11 is 1.72. The van der Waals surface area contributed by atoms with E-state index in [2.05, 4.69) is 28.8 Å². The molecular weight excluding hydrogens is 208 g/mol. The maximum Gasteiger partial charge on any atom is 0.0593 e. The summed E-state index contributed by atoms with van der Waals surface area (Å²) < 4.78 is 5.34. The Bertz CT molecular complexity index is 251. The fourth-order valence-corrected chi connectivity index (χ4v) is 2.25. The number of ether oxygens (including phenoxy) is 1. The summed E-state index contributed by atoms with van der Waals surface area (Å²) in [6.07, 6.45) is 0. The van der Waals surface area contributed by atoms with E-state index in [0.29, 0.717) is 12.6 Å². The van der Waals surface area contributed by atoms with Gasteiger partial charge in [-0.05, 0) is 36.4 Å². The van der Waals surface area contributed by atoms with E-state index in [9.17, 15) is 0 Å². The molecule has 0 aliphatic carbocycles. The number of thiophene rings is 1. The maximum absolute atomic E-state index is 5.79. The molecule has 0 fully saturated rings. The average Bonchev–Trinajstić information content (AvgIpc) is 2.73. The molecule has 1 unspecified atom stereocenters. The van der Waals surface area contributed by atoms with Gasteiger partial charge >= 0.3 is 0 Å². The second-order valence-electron chi connectivity index (χ2n) is 3.49. The smallest absolute Gasteiger partial charge is 0.0593 e. The maximum atomic E-state index is 5.79. The lowest BCUT2D eigenvalue weighted by Gasteiger charge is -2.26. The van der Waals surface area contributed by atoms with Gasteiger partial charge in [0.2, 0.25) is 0 Å². The summed E-state index contributed by atoms with van der Waals surface area (Å²) in [5.74, 6) is 0. The van der Waals surface area contributed by atoms with Crippen LogP contribution in [0.25, 0.3) is 0 Å². The van der Waals surface area contributed by atoms with Gasteiger partial charge in [-0.15, -0.1) is 0 Å². The van der Waals surface area contributed by atoms with Crippen molar-refractivity contribution >= 4 is 11.3 Å². The fourth-order valence-electron chi connectivity index (χ4n) is 1.54. The number of nitrogens with zero attached hydrogens (tertiary/aromatic N) is 1. The number of hydrogen-bond acceptors (Lipinski definition) is 4. The van der Waals surface area contributed by atoms with Crippen LogP contribution in [0.5, 0.6) is 0 Å². The molecule has 15 heavy (non-hydrogen) atoms. The van der Waals surface area contributed by atoms with Crippen LogP contribution >= 0.6 is 11.3 Å². The predicted octanol–water partition coefficient (Wildman–Crippen LogP) is 1.72. The van der Waals surface area contributed by atoms with Gasteiger partial charge in [0.15, 0.2) is 0 Å². The second-order valence-corrected chi connectivity index (χ2v) is 4.27. The van der Waals surface area contributed by atoms with E-state index in [4.69, 9.17) is 10.5 Å². The average molecular weight is 228 g/mol. The molecule has 1 atom stereocenters. The molecular formula is C11H20N2OS. The lowest BCUT2D eigenvalue weighted by Crippen LogP contribution is -2.32. The summed E-state index contributed by atoms with van der Waals surface area (Å²) in [7, 11) is 2.09. The van der Waals surface area contributed by atoms with E-state index in [1.807, 2.05) is 6.92 Å². The largest absolute Gasteiger partial charge is 0.380 e. The van der Waals surface area contributed by atoms with Gasteiger partial charge in [0.05, 0.1) is 6.61 Å². The van der Waals surface area contributed by atoms with Crippen LogP contribution in [0.1, 0.15) is 18.5 Å². The quantitative estimate of drug-likeness (QED) is 0.722. The monoisotopic (exact) mass is 228 g/mol. The van der Waals surface area contributed by atoms with Crippen molar-refractivity contribution in [3.05, 3.63) is 22.4 Å². The van der Waals surface area contributed by atoms with Gasteiger partial charge < -0.3 is 10.5 Å². The molecule has 1 aromatic heterocycles. The molecule has 0 saturated heterocycles. The minimum Gasteiger partial charge on any atom is -0.380 e. The highest BCUT2D eigenvalue weighted by Crippen LogP contribution is 2.20. The molecule has 3 nitrogen and oxygen atoms in total. The van der Waals surface area contributed by atoms with Crippen molar-refractivity contribution in [2.45, 2.75) is 13.0 Å². The van der Waals surface area contributed by atoms with Crippen molar-refractivity contribution in [1.29, 1.82) is 0 Å². The third kappa shape index (κ3) is 3.91. The molecule has 0 spiro atoms. The van der Waals surface area contributed by atoms with Crippen LogP contribution in [-0.2, 0) is 4.74 Å². The Morgan fingerprint density at radius 2 is 2.40 bits per heavy atom. The Hall–Kier alpha value is -0.420. The molecule has 0 amide bonds. The van der Waals surface area contributed by atoms with Gasteiger partial charge in [-0.25, -0.2) is 0 Å². The molecule has 0 radical (unpaired) electrons. The van der Waals surface area contributed by atoms with Gasteiger partial charge in [-0.1, -0.05) is 0 Å². The molecule has 0 saturated carbocycles. The molecule has 0 aliphatic heterocycles. The summed E-state index contributed by atoms with van der Waals surface area (Å²) in [6, 6.07) is 2.45. The molecule has 2 N–H and O–H groups in total. The summed E-state index contributed by atoms with van der Waals surface area (Å²) in [6.45, 7) is 5.14. The topological polar surface area (TPSA) is 38.5 Å². The molecule has 86 valence electrons. The standard InChI is InChI=1S/C11H20N2OS/c1-3-14-6-5-13(2)11(8-12)10-4-7-15-9-10/h4,7,9,11H,3,5-6,8,12H2,1-2H3. The van der Waals surface area contributed by atoms with Crippen LogP contribution in [0.4, 0.5) is 0 Å². The van der Waals surface area contributed by atoms with Crippen LogP contribution < -0.4 is 5.73 Å². The number of hydrogen-bond donors (Lipinski definition) is 1. The highest BCUT2D eigenvalue weighted by molar-refractivity contribution is 7.07. The molecule has 1 rings (SSSR count). The Labute approximate surface area is 95.8 Å². The Balaban J connectivity index is 2.44. The van der Waals surface area contributed by atoms with Crippen molar-refractivity contribution < 1.29 is 4.74 Å². The van der Waals surface area contributed by atoms with Crippen molar-refractivity contribution in [2.24, 2.45) is 5.73 Å². The third-order valence-corrected chi connectivity index (χ3v) is 3.18. The summed E-state index contributed by atoms with van der Waals surface area (Å²) in [5.41, 5.74) is 7.10.